The molecule has 1 aromatic heterocycles. The van der Waals surface area contributed by atoms with E-state index in [1.807, 2.05) is 0 Å². The monoisotopic (exact) mass is 430 g/mol. The molecule has 0 aliphatic carbocycles. The molecule has 2 aromatic carbocycles. The minimum Gasteiger partial charge on any atom is -0.329 e. The summed E-state index contributed by atoms with van der Waals surface area (Å²) < 4.78 is 14.0. The van der Waals surface area contributed by atoms with Gasteiger partial charge in [-0.15, -0.1) is 10.2 Å². The predicted molar refractivity (Wildman–Crippen MR) is 109 cm³/mol. The van der Waals surface area contributed by atoms with Gasteiger partial charge in [-0.1, -0.05) is 35.1 Å². The van der Waals surface area contributed by atoms with Crippen molar-refractivity contribution in [3.63, 3.8) is 0 Å². The van der Waals surface area contributed by atoms with E-state index in [1.165, 1.54) is 12.1 Å². The Morgan fingerprint density at radius 2 is 1.90 bits per heavy atom. The van der Waals surface area contributed by atoms with E-state index >= 15 is 0 Å². The molecule has 6 nitrogen and oxygen atoms in total. The summed E-state index contributed by atoms with van der Waals surface area (Å²) in [5.74, 6) is -1.32. The number of aromatic nitrogens is 2. The van der Waals surface area contributed by atoms with Crippen molar-refractivity contribution in [2.24, 2.45) is 0 Å². The lowest BCUT2D eigenvalue weighted by Gasteiger charge is -2.23. The highest BCUT2D eigenvalue weighted by molar-refractivity contribution is 7.13. The first-order valence-electron chi connectivity index (χ1n) is 8.99. The van der Waals surface area contributed by atoms with Crippen LogP contribution < -0.4 is 5.32 Å². The molecule has 0 bridgehead atoms. The Kier molecular flexibility index (Phi) is 5.55. The average molecular weight is 431 g/mol. The second-order valence-electron chi connectivity index (χ2n) is 6.54. The number of hydrogen-bond acceptors (Lipinski definition) is 5. The maximum absolute atomic E-state index is 14.0. The second-order valence-corrected chi connectivity index (χ2v) is 7.99. The third-order valence-electron chi connectivity index (χ3n) is 4.64. The zero-order valence-electron chi connectivity index (χ0n) is 15.1. The van der Waals surface area contributed by atoms with Crippen molar-refractivity contribution in [3.05, 3.63) is 74.9 Å². The Balaban J connectivity index is 1.50. The molecular weight excluding hydrogens is 415 g/mol. The number of halogens is 2. The average Bonchev–Trinajstić information content (AvgIpc) is 3.39. The van der Waals surface area contributed by atoms with Gasteiger partial charge in [-0.25, -0.2) is 4.39 Å². The van der Waals surface area contributed by atoms with Crippen LogP contribution >= 0.6 is 22.9 Å². The minimum atomic E-state index is -0.552. The van der Waals surface area contributed by atoms with Gasteiger partial charge in [0.05, 0.1) is 11.6 Å². The Morgan fingerprint density at radius 1 is 1.14 bits per heavy atom. The number of amides is 2. The lowest BCUT2D eigenvalue weighted by atomic mass is 10.1. The molecular formula is C20H16ClFN4O2S. The van der Waals surface area contributed by atoms with E-state index in [1.54, 1.807) is 41.3 Å². The van der Waals surface area contributed by atoms with E-state index in [2.05, 4.69) is 15.5 Å². The summed E-state index contributed by atoms with van der Waals surface area (Å²) in [4.78, 5) is 26.9. The first kappa shape index (κ1) is 19.5. The second kappa shape index (κ2) is 8.26. The van der Waals surface area contributed by atoms with Gasteiger partial charge >= 0.3 is 0 Å². The van der Waals surface area contributed by atoms with Crippen molar-refractivity contribution in [3.8, 4) is 0 Å². The molecule has 1 aliphatic rings. The molecule has 0 radical (unpaired) electrons. The fourth-order valence-corrected chi connectivity index (χ4v) is 4.25. The topological polar surface area (TPSA) is 75.2 Å². The third kappa shape index (κ3) is 4.13. The van der Waals surface area contributed by atoms with Crippen molar-refractivity contribution in [1.29, 1.82) is 0 Å². The Bertz CT molecular complexity index is 1060. The lowest BCUT2D eigenvalue weighted by Crippen LogP contribution is -2.31. The number of nitrogens with zero attached hydrogens (tertiary/aromatic N) is 3. The van der Waals surface area contributed by atoms with Crippen LogP contribution in [-0.4, -0.2) is 33.5 Å². The number of hydrogen-bond donors (Lipinski definition) is 1. The Labute approximate surface area is 175 Å². The summed E-state index contributed by atoms with van der Waals surface area (Å²) in [5.41, 5.74) is 0.623. The SMILES string of the molecule is O=C(Nc1ccc(Cl)cc1)c1nnc([C@H]2CCCN2C(=O)c2ccccc2F)s1. The van der Waals surface area contributed by atoms with E-state index in [-0.39, 0.29) is 28.4 Å². The van der Waals surface area contributed by atoms with E-state index in [4.69, 9.17) is 11.6 Å². The van der Waals surface area contributed by atoms with Crippen LogP contribution in [-0.2, 0) is 0 Å². The first-order valence-corrected chi connectivity index (χ1v) is 10.2. The third-order valence-corrected chi connectivity index (χ3v) is 5.92. The molecule has 9 heteroatoms. The highest BCUT2D eigenvalue weighted by atomic mass is 35.5. The van der Waals surface area contributed by atoms with Crippen LogP contribution in [0.2, 0.25) is 5.02 Å². The summed E-state index contributed by atoms with van der Waals surface area (Å²) in [6, 6.07) is 12.3. The quantitative estimate of drug-likeness (QED) is 0.658. The maximum Gasteiger partial charge on any atom is 0.286 e. The van der Waals surface area contributed by atoms with E-state index in [9.17, 15) is 14.0 Å². The number of carbonyl (C=O) groups excluding carboxylic acids is 2. The number of nitrogens with one attached hydrogen (secondary N) is 1. The number of anilines is 1. The Morgan fingerprint density at radius 3 is 2.66 bits per heavy atom. The van der Waals surface area contributed by atoms with Crippen LogP contribution in [0.5, 0.6) is 0 Å². The molecule has 1 saturated heterocycles. The largest absolute Gasteiger partial charge is 0.329 e. The summed E-state index contributed by atoms with van der Waals surface area (Å²) >= 11 is 6.98. The zero-order chi connectivity index (χ0) is 20.4. The zero-order valence-corrected chi connectivity index (χ0v) is 16.7. The summed E-state index contributed by atoms with van der Waals surface area (Å²) in [6.07, 6.45) is 1.46. The molecule has 1 N–H and O–H groups in total. The normalized spacial score (nSPS) is 16.1. The standard InChI is InChI=1S/C20H16ClFN4O2S/c21-12-7-9-13(10-8-12)23-17(27)19-25-24-18(29-19)16-6-3-11-26(16)20(28)14-4-1-2-5-15(14)22/h1-2,4-5,7-10,16H,3,6,11H2,(H,23,27)/t16-/m1/s1. The van der Waals surface area contributed by atoms with Crippen molar-refractivity contribution in [2.45, 2.75) is 18.9 Å². The molecule has 0 spiro atoms. The first-order chi connectivity index (χ1) is 14.0. The molecule has 148 valence electrons. The van der Waals surface area contributed by atoms with Gasteiger partial charge < -0.3 is 10.2 Å². The highest BCUT2D eigenvalue weighted by Gasteiger charge is 2.34. The molecule has 0 unspecified atom stereocenters. The van der Waals surface area contributed by atoms with E-state index in [0.29, 0.717) is 28.7 Å². The molecule has 0 saturated carbocycles. The van der Waals surface area contributed by atoms with Gasteiger partial charge in [0.25, 0.3) is 11.8 Å². The van der Waals surface area contributed by atoms with Gasteiger partial charge in [-0.05, 0) is 49.2 Å². The van der Waals surface area contributed by atoms with Gasteiger partial charge in [0.15, 0.2) is 0 Å². The van der Waals surface area contributed by atoms with Gasteiger partial charge in [0.2, 0.25) is 5.01 Å². The highest BCUT2D eigenvalue weighted by Crippen LogP contribution is 2.35. The maximum atomic E-state index is 14.0. The molecule has 1 atom stereocenters. The lowest BCUT2D eigenvalue weighted by molar-refractivity contribution is 0.0730. The fourth-order valence-electron chi connectivity index (χ4n) is 3.23. The van der Waals surface area contributed by atoms with Crippen LogP contribution in [0.25, 0.3) is 0 Å². The van der Waals surface area contributed by atoms with Gasteiger partial charge in [-0.3, -0.25) is 9.59 Å². The van der Waals surface area contributed by atoms with Crippen LogP contribution in [0.3, 0.4) is 0 Å². The van der Waals surface area contributed by atoms with Crippen molar-refractivity contribution >= 4 is 40.4 Å². The number of likely N-dealkylation sites (tertiary alicyclic amines) is 1. The molecule has 2 heterocycles. The molecule has 4 rings (SSSR count). The summed E-state index contributed by atoms with van der Waals surface area (Å²) in [6.45, 7) is 0.504. The van der Waals surface area contributed by atoms with Crippen molar-refractivity contribution in [1.82, 2.24) is 15.1 Å². The minimum absolute atomic E-state index is 0.0321. The Hall–Kier alpha value is -2.84. The van der Waals surface area contributed by atoms with E-state index in [0.717, 1.165) is 17.8 Å². The predicted octanol–water partition coefficient (Wildman–Crippen LogP) is 4.56. The number of carbonyl (C=O) groups is 2. The molecule has 29 heavy (non-hydrogen) atoms. The van der Waals surface area contributed by atoms with Crippen LogP contribution in [0.15, 0.2) is 48.5 Å². The van der Waals surface area contributed by atoms with Crippen molar-refractivity contribution < 1.29 is 14.0 Å². The summed E-state index contributed by atoms with van der Waals surface area (Å²) in [5, 5.41) is 12.2. The van der Waals surface area contributed by atoms with Gasteiger partial charge in [-0.2, -0.15) is 0 Å². The van der Waals surface area contributed by atoms with Crippen LogP contribution in [0, 0.1) is 5.82 Å². The molecule has 1 aliphatic heterocycles. The van der Waals surface area contributed by atoms with E-state index < -0.39 is 5.82 Å². The fraction of sp³-hybridized carbons (Fsp3) is 0.200. The molecule has 3 aromatic rings. The number of benzene rings is 2. The number of rotatable bonds is 4. The molecule has 1 fully saturated rings. The van der Waals surface area contributed by atoms with Crippen LogP contribution in [0.1, 0.15) is 44.1 Å². The smallest absolute Gasteiger partial charge is 0.286 e. The van der Waals surface area contributed by atoms with Crippen molar-refractivity contribution in [2.75, 3.05) is 11.9 Å². The molecule has 2 amide bonds. The van der Waals surface area contributed by atoms with Gasteiger partial charge in [0, 0.05) is 17.3 Å². The van der Waals surface area contributed by atoms with Gasteiger partial charge in [0.1, 0.15) is 10.8 Å². The summed E-state index contributed by atoms with van der Waals surface area (Å²) in [7, 11) is 0. The van der Waals surface area contributed by atoms with Crippen LogP contribution in [0.4, 0.5) is 10.1 Å².